The van der Waals surface area contributed by atoms with Crippen LogP contribution in [0, 0.1) is 12.8 Å². The number of methoxy groups -OCH3 is 1. The first-order chi connectivity index (χ1) is 13.4. The molecule has 3 rings (SSSR count). The number of anilines is 1. The number of benzene rings is 2. The minimum atomic E-state index is -0.280. The molecule has 0 unspecified atom stereocenters. The van der Waals surface area contributed by atoms with Gasteiger partial charge in [-0.1, -0.05) is 17.7 Å². The van der Waals surface area contributed by atoms with Crippen molar-refractivity contribution < 1.29 is 19.1 Å². The predicted octanol–water partition coefficient (Wildman–Crippen LogP) is 3.58. The molecule has 0 heterocycles. The number of ether oxygens (including phenoxy) is 1. The average Bonchev–Trinajstić information content (AvgIpc) is 2.65. The summed E-state index contributed by atoms with van der Waals surface area (Å²) in [6.45, 7) is 1.85. The Balaban J connectivity index is 1.64. The van der Waals surface area contributed by atoms with Crippen LogP contribution in [0.1, 0.15) is 39.1 Å². The van der Waals surface area contributed by atoms with Gasteiger partial charge in [-0.25, -0.2) is 0 Å². The standard InChI is InChI=1S/C21H21ClN2O4/c1-12-3-4-14(20(26)23-17-9-15(10-17)21(27)28-2)11-18(12)24-19(25)13-5-7-16(22)8-6-13/h3-8,11,15,17H,9-10H2,1-2H3,(H,23,26)(H,24,25). The molecule has 1 saturated carbocycles. The van der Waals surface area contributed by atoms with E-state index in [9.17, 15) is 14.4 Å². The van der Waals surface area contributed by atoms with Gasteiger partial charge in [-0.05, 0) is 61.7 Å². The Hall–Kier alpha value is -2.86. The Kier molecular flexibility index (Phi) is 5.99. The fourth-order valence-corrected chi connectivity index (χ4v) is 3.18. The number of hydrogen-bond acceptors (Lipinski definition) is 4. The summed E-state index contributed by atoms with van der Waals surface area (Å²) in [4.78, 5) is 36.4. The number of carbonyl (C=O) groups excluding carboxylic acids is 3. The Morgan fingerprint density at radius 1 is 1.00 bits per heavy atom. The number of halogens is 1. The van der Waals surface area contributed by atoms with Gasteiger partial charge in [0.25, 0.3) is 11.8 Å². The third kappa shape index (κ3) is 4.51. The molecule has 1 aliphatic rings. The van der Waals surface area contributed by atoms with Gasteiger partial charge in [-0.3, -0.25) is 14.4 Å². The first-order valence-electron chi connectivity index (χ1n) is 8.93. The number of rotatable bonds is 5. The minimum Gasteiger partial charge on any atom is -0.469 e. The second-order valence-electron chi connectivity index (χ2n) is 6.85. The topological polar surface area (TPSA) is 84.5 Å². The zero-order chi connectivity index (χ0) is 20.3. The lowest BCUT2D eigenvalue weighted by atomic mass is 9.80. The highest BCUT2D eigenvalue weighted by molar-refractivity contribution is 6.30. The predicted molar refractivity (Wildman–Crippen MR) is 107 cm³/mol. The van der Waals surface area contributed by atoms with E-state index in [-0.39, 0.29) is 29.7 Å². The Bertz CT molecular complexity index is 905. The van der Waals surface area contributed by atoms with Crippen LogP contribution < -0.4 is 10.6 Å². The normalized spacial score (nSPS) is 18.0. The number of amides is 2. The van der Waals surface area contributed by atoms with Crippen LogP contribution in [0.2, 0.25) is 5.02 Å². The van der Waals surface area contributed by atoms with Gasteiger partial charge >= 0.3 is 5.97 Å². The highest BCUT2D eigenvalue weighted by atomic mass is 35.5. The maximum atomic E-state index is 12.5. The fraction of sp³-hybridized carbons (Fsp3) is 0.286. The Morgan fingerprint density at radius 2 is 1.64 bits per heavy atom. The van der Waals surface area contributed by atoms with E-state index in [1.807, 2.05) is 6.92 Å². The van der Waals surface area contributed by atoms with Gasteiger partial charge in [0, 0.05) is 27.9 Å². The monoisotopic (exact) mass is 400 g/mol. The van der Waals surface area contributed by atoms with Crippen LogP contribution in [0.4, 0.5) is 5.69 Å². The van der Waals surface area contributed by atoms with Crippen molar-refractivity contribution >= 4 is 35.1 Å². The number of hydrogen-bond donors (Lipinski definition) is 2. The van der Waals surface area contributed by atoms with Crippen molar-refractivity contribution in [2.45, 2.75) is 25.8 Å². The molecule has 0 aliphatic heterocycles. The largest absolute Gasteiger partial charge is 0.469 e. The van der Waals surface area contributed by atoms with Gasteiger partial charge in [0.15, 0.2) is 0 Å². The number of aryl methyl sites for hydroxylation is 1. The molecule has 6 nitrogen and oxygen atoms in total. The molecule has 0 radical (unpaired) electrons. The van der Waals surface area contributed by atoms with Crippen LogP contribution in [-0.2, 0) is 9.53 Å². The summed E-state index contributed by atoms with van der Waals surface area (Å²) < 4.78 is 4.70. The van der Waals surface area contributed by atoms with E-state index >= 15 is 0 Å². The van der Waals surface area contributed by atoms with Crippen LogP contribution in [-0.4, -0.2) is 30.9 Å². The summed E-state index contributed by atoms with van der Waals surface area (Å²) >= 11 is 5.85. The van der Waals surface area contributed by atoms with Crippen molar-refractivity contribution in [3.05, 3.63) is 64.2 Å². The summed E-state index contributed by atoms with van der Waals surface area (Å²) in [5.74, 6) is -0.914. The van der Waals surface area contributed by atoms with E-state index in [4.69, 9.17) is 16.3 Å². The minimum absolute atomic E-state index is 0.0509. The second-order valence-corrected chi connectivity index (χ2v) is 7.29. The van der Waals surface area contributed by atoms with Crippen molar-refractivity contribution in [1.82, 2.24) is 5.32 Å². The van der Waals surface area contributed by atoms with E-state index in [1.165, 1.54) is 7.11 Å². The molecular formula is C21H21ClN2O4. The lowest BCUT2D eigenvalue weighted by molar-refractivity contribution is -0.149. The molecular weight excluding hydrogens is 380 g/mol. The average molecular weight is 401 g/mol. The molecule has 1 aliphatic carbocycles. The maximum Gasteiger partial charge on any atom is 0.308 e. The van der Waals surface area contributed by atoms with Crippen LogP contribution >= 0.6 is 11.6 Å². The quantitative estimate of drug-likeness (QED) is 0.751. The van der Waals surface area contributed by atoms with E-state index in [1.54, 1.807) is 42.5 Å². The van der Waals surface area contributed by atoms with Crippen LogP contribution in [0.25, 0.3) is 0 Å². The zero-order valence-electron chi connectivity index (χ0n) is 15.6. The molecule has 0 aromatic heterocycles. The number of nitrogens with one attached hydrogen (secondary N) is 2. The highest BCUT2D eigenvalue weighted by Gasteiger charge is 2.36. The first-order valence-corrected chi connectivity index (χ1v) is 9.31. The molecule has 2 amide bonds. The van der Waals surface area contributed by atoms with Gasteiger partial charge in [0.1, 0.15) is 0 Å². The Labute approximate surface area is 168 Å². The summed E-state index contributed by atoms with van der Waals surface area (Å²) in [6.07, 6.45) is 1.15. The molecule has 2 aromatic rings. The van der Waals surface area contributed by atoms with Gasteiger partial charge in [0.05, 0.1) is 13.0 Å². The SMILES string of the molecule is COC(=O)C1CC(NC(=O)c2ccc(C)c(NC(=O)c3ccc(Cl)cc3)c2)C1. The highest BCUT2D eigenvalue weighted by Crippen LogP contribution is 2.29. The molecule has 1 fully saturated rings. The molecule has 0 saturated heterocycles. The van der Waals surface area contributed by atoms with Crippen molar-refractivity contribution in [3.63, 3.8) is 0 Å². The van der Waals surface area contributed by atoms with Crippen LogP contribution in [0.3, 0.4) is 0 Å². The van der Waals surface area contributed by atoms with Crippen molar-refractivity contribution in [2.75, 3.05) is 12.4 Å². The Morgan fingerprint density at radius 3 is 2.29 bits per heavy atom. The van der Waals surface area contributed by atoms with Gasteiger partial charge in [-0.2, -0.15) is 0 Å². The lowest BCUT2D eigenvalue weighted by Crippen LogP contribution is -2.47. The third-order valence-corrected chi connectivity index (χ3v) is 5.11. The van der Waals surface area contributed by atoms with E-state index in [0.717, 1.165) is 5.56 Å². The zero-order valence-corrected chi connectivity index (χ0v) is 16.4. The summed E-state index contributed by atoms with van der Waals surface area (Å²) in [6, 6.07) is 11.7. The van der Waals surface area contributed by atoms with Crippen molar-refractivity contribution in [1.29, 1.82) is 0 Å². The molecule has 0 bridgehead atoms. The maximum absolute atomic E-state index is 12.5. The summed E-state index contributed by atoms with van der Waals surface area (Å²) in [5.41, 5.74) is 2.32. The van der Waals surface area contributed by atoms with Crippen molar-refractivity contribution in [3.8, 4) is 0 Å². The fourth-order valence-electron chi connectivity index (χ4n) is 3.06. The van der Waals surface area contributed by atoms with Crippen LogP contribution in [0.15, 0.2) is 42.5 Å². The van der Waals surface area contributed by atoms with Crippen molar-refractivity contribution in [2.24, 2.45) is 5.92 Å². The van der Waals surface area contributed by atoms with Gasteiger partial charge in [-0.15, -0.1) is 0 Å². The van der Waals surface area contributed by atoms with E-state index in [2.05, 4.69) is 10.6 Å². The molecule has 28 heavy (non-hydrogen) atoms. The van der Waals surface area contributed by atoms with Crippen LogP contribution in [0.5, 0.6) is 0 Å². The number of esters is 1. The number of carbonyl (C=O) groups is 3. The molecule has 0 spiro atoms. The van der Waals surface area contributed by atoms with E-state index < -0.39 is 0 Å². The lowest BCUT2D eigenvalue weighted by Gasteiger charge is -2.33. The molecule has 2 N–H and O–H groups in total. The summed E-state index contributed by atoms with van der Waals surface area (Å²) in [7, 11) is 1.36. The van der Waals surface area contributed by atoms with Gasteiger partial charge < -0.3 is 15.4 Å². The third-order valence-electron chi connectivity index (χ3n) is 4.86. The second kappa shape index (κ2) is 8.44. The van der Waals surface area contributed by atoms with Gasteiger partial charge in [0.2, 0.25) is 0 Å². The first kappa shape index (κ1) is 19.9. The molecule has 0 atom stereocenters. The molecule has 146 valence electrons. The molecule has 7 heteroatoms. The smallest absolute Gasteiger partial charge is 0.308 e. The molecule has 2 aromatic carbocycles. The van der Waals surface area contributed by atoms with E-state index in [0.29, 0.717) is 34.7 Å². The summed E-state index contributed by atoms with van der Waals surface area (Å²) in [5, 5.41) is 6.29.